The Labute approximate surface area is 201 Å². The smallest absolute Gasteiger partial charge is 0.194 e. The Morgan fingerprint density at radius 3 is 2.45 bits per heavy atom. The molecule has 1 fully saturated rings. The van der Waals surface area contributed by atoms with Crippen LogP contribution in [-0.4, -0.2) is 58.9 Å². The van der Waals surface area contributed by atoms with Gasteiger partial charge in [0.15, 0.2) is 11.8 Å². The summed E-state index contributed by atoms with van der Waals surface area (Å²) in [5.74, 6) is 1.76. The standard InChI is InChI=1S/C23H29N7.HI/c1-18-8-7-11-21(19(18)2)28-12-14-29(15-13-28)23(24-3)25-16-22-27-26-17-30(22)20-9-5-4-6-10-20;/h4-11,17H,12-16H2,1-3H3,(H,24,25);1H. The molecule has 0 amide bonds. The van der Waals surface area contributed by atoms with Gasteiger partial charge in [0.1, 0.15) is 6.33 Å². The highest BCUT2D eigenvalue weighted by atomic mass is 127. The number of nitrogens with one attached hydrogen (secondary N) is 1. The summed E-state index contributed by atoms with van der Waals surface area (Å²) in [6, 6.07) is 16.7. The summed E-state index contributed by atoms with van der Waals surface area (Å²) >= 11 is 0. The molecule has 7 nitrogen and oxygen atoms in total. The highest BCUT2D eigenvalue weighted by molar-refractivity contribution is 14.0. The number of nitrogens with zero attached hydrogens (tertiary/aromatic N) is 6. The summed E-state index contributed by atoms with van der Waals surface area (Å²) < 4.78 is 2.00. The fourth-order valence-corrected chi connectivity index (χ4v) is 3.91. The summed E-state index contributed by atoms with van der Waals surface area (Å²) in [6.45, 7) is 8.77. The molecular formula is C23H30IN7. The number of aryl methyl sites for hydroxylation is 1. The van der Waals surface area contributed by atoms with E-state index in [9.17, 15) is 0 Å². The van der Waals surface area contributed by atoms with Crippen LogP contribution in [0.1, 0.15) is 17.0 Å². The normalized spacial score (nSPS) is 14.4. The van der Waals surface area contributed by atoms with Crippen molar-refractivity contribution in [2.45, 2.75) is 20.4 Å². The quantitative estimate of drug-likeness (QED) is 0.318. The number of rotatable bonds is 4. The zero-order chi connectivity index (χ0) is 20.9. The second kappa shape index (κ2) is 10.6. The van der Waals surface area contributed by atoms with Crippen LogP contribution in [0.4, 0.5) is 5.69 Å². The number of anilines is 1. The minimum absolute atomic E-state index is 0. The van der Waals surface area contributed by atoms with E-state index >= 15 is 0 Å². The van der Waals surface area contributed by atoms with Gasteiger partial charge in [-0.25, -0.2) is 0 Å². The first-order valence-electron chi connectivity index (χ1n) is 10.4. The van der Waals surface area contributed by atoms with E-state index in [1.54, 1.807) is 6.33 Å². The third-order valence-electron chi connectivity index (χ3n) is 5.77. The first-order chi connectivity index (χ1) is 14.7. The van der Waals surface area contributed by atoms with Gasteiger partial charge >= 0.3 is 0 Å². The fourth-order valence-electron chi connectivity index (χ4n) is 3.91. The maximum absolute atomic E-state index is 4.50. The predicted octanol–water partition coefficient (Wildman–Crippen LogP) is 3.40. The molecule has 1 aliphatic rings. The van der Waals surface area contributed by atoms with Crippen LogP contribution >= 0.6 is 24.0 Å². The van der Waals surface area contributed by atoms with Crippen LogP contribution in [0.2, 0.25) is 0 Å². The highest BCUT2D eigenvalue weighted by Gasteiger charge is 2.21. The SMILES string of the molecule is CN=C(NCc1nncn1-c1ccccc1)N1CCN(c2cccc(C)c2C)CC1.I. The van der Waals surface area contributed by atoms with Crippen molar-refractivity contribution in [2.75, 3.05) is 38.1 Å². The highest BCUT2D eigenvalue weighted by Crippen LogP contribution is 2.23. The Morgan fingerprint density at radius 1 is 1.00 bits per heavy atom. The molecule has 0 bridgehead atoms. The third-order valence-corrected chi connectivity index (χ3v) is 5.77. The van der Waals surface area contributed by atoms with Crippen molar-refractivity contribution in [3.63, 3.8) is 0 Å². The van der Waals surface area contributed by atoms with Crippen molar-refractivity contribution in [1.82, 2.24) is 25.0 Å². The van der Waals surface area contributed by atoms with E-state index in [1.165, 1.54) is 16.8 Å². The van der Waals surface area contributed by atoms with E-state index in [0.29, 0.717) is 6.54 Å². The summed E-state index contributed by atoms with van der Waals surface area (Å²) in [4.78, 5) is 9.28. The van der Waals surface area contributed by atoms with E-state index in [4.69, 9.17) is 0 Å². The monoisotopic (exact) mass is 531 g/mol. The van der Waals surface area contributed by atoms with Gasteiger partial charge in [-0.2, -0.15) is 0 Å². The lowest BCUT2D eigenvalue weighted by Crippen LogP contribution is -2.52. The first-order valence-corrected chi connectivity index (χ1v) is 10.4. The number of hydrogen-bond donors (Lipinski definition) is 1. The van der Waals surface area contributed by atoms with Crippen molar-refractivity contribution in [3.05, 3.63) is 71.8 Å². The van der Waals surface area contributed by atoms with Crippen molar-refractivity contribution >= 4 is 35.6 Å². The first kappa shape index (κ1) is 23.1. The molecular weight excluding hydrogens is 501 g/mol. The lowest BCUT2D eigenvalue weighted by Gasteiger charge is -2.38. The van der Waals surface area contributed by atoms with Gasteiger partial charge in [-0.1, -0.05) is 30.3 Å². The van der Waals surface area contributed by atoms with Gasteiger partial charge in [0, 0.05) is 44.6 Å². The molecule has 2 aromatic carbocycles. The molecule has 0 radical (unpaired) electrons. The maximum Gasteiger partial charge on any atom is 0.194 e. The topological polar surface area (TPSA) is 61.6 Å². The zero-order valence-electron chi connectivity index (χ0n) is 18.3. The summed E-state index contributed by atoms with van der Waals surface area (Å²) in [5, 5.41) is 11.8. The molecule has 4 rings (SSSR count). The van der Waals surface area contributed by atoms with E-state index in [1.807, 2.05) is 41.9 Å². The Bertz CT molecular complexity index is 1010. The van der Waals surface area contributed by atoms with Gasteiger partial charge in [0.25, 0.3) is 0 Å². The van der Waals surface area contributed by atoms with Crippen LogP contribution < -0.4 is 10.2 Å². The van der Waals surface area contributed by atoms with Gasteiger partial charge < -0.3 is 15.1 Å². The van der Waals surface area contributed by atoms with Gasteiger partial charge in [0.05, 0.1) is 6.54 Å². The molecule has 1 aliphatic heterocycles. The average Bonchev–Trinajstić information content (AvgIpc) is 3.26. The summed E-state index contributed by atoms with van der Waals surface area (Å²) in [5.41, 5.74) is 5.11. The summed E-state index contributed by atoms with van der Waals surface area (Å²) in [7, 11) is 1.83. The number of benzene rings is 2. The number of hydrogen-bond acceptors (Lipinski definition) is 4. The number of piperazine rings is 1. The average molecular weight is 531 g/mol. The van der Waals surface area contributed by atoms with Crippen LogP contribution in [-0.2, 0) is 6.54 Å². The van der Waals surface area contributed by atoms with Crippen LogP contribution in [0.3, 0.4) is 0 Å². The van der Waals surface area contributed by atoms with Crippen LogP contribution in [0.5, 0.6) is 0 Å². The molecule has 0 aliphatic carbocycles. The molecule has 8 heteroatoms. The molecule has 1 N–H and O–H groups in total. The van der Waals surface area contributed by atoms with Gasteiger partial charge in [-0.15, -0.1) is 34.2 Å². The Balaban J connectivity index is 0.00000272. The molecule has 164 valence electrons. The third kappa shape index (κ3) is 5.17. The van der Waals surface area contributed by atoms with E-state index in [2.05, 4.69) is 62.4 Å². The minimum atomic E-state index is 0. The van der Waals surface area contributed by atoms with Gasteiger partial charge in [-0.3, -0.25) is 9.56 Å². The molecule has 2 heterocycles. The van der Waals surface area contributed by atoms with Crippen molar-refractivity contribution < 1.29 is 0 Å². The molecule has 1 aromatic heterocycles. The van der Waals surface area contributed by atoms with Crippen molar-refractivity contribution in [2.24, 2.45) is 4.99 Å². The second-order valence-corrected chi connectivity index (χ2v) is 7.55. The second-order valence-electron chi connectivity index (χ2n) is 7.55. The van der Waals surface area contributed by atoms with Gasteiger partial charge in [-0.05, 0) is 43.2 Å². The zero-order valence-corrected chi connectivity index (χ0v) is 20.7. The van der Waals surface area contributed by atoms with Crippen molar-refractivity contribution in [3.8, 4) is 5.69 Å². The van der Waals surface area contributed by atoms with Crippen LogP contribution in [0, 0.1) is 13.8 Å². The number of guanidine groups is 1. The Hall–Kier alpha value is -2.62. The Kier molecular flexibility index (Phi) is 7.89. The molecule has 3 aromatic rings. The molecule has 0 unspecified atom stereocenters. The fraction of sp³-hybridized carbons (Fsp3) is 0.348. The number of aliphatic imine (C=N–C) groups is 1. The van der Waals surface area contributed by atoms with E-state index < -0.39 is 0 Å². The van der Waals surface area contributed by atoms with E-state index in [0.717, 1.165) is 43.7 Å². The van der Waals surface area contributed by atoms with Crippen LogP contribution in [0.25, 0.3) is 5.69 Å². The molecule has 1 saturated heterocycles. The lowest BCUT2D eigenvalue weighted by molar-refractivity contribution is 0.371. The van der Waals surface area contributed by atoms with Crippen molar-refractivity contribution in [1.29, 1.82) is 0 Å². The minimum Gasteiger partial charge on any atom is -0.368 e. The number of halogens is 1. The van der Waals surface area contributed by atoms with Gasteiger partial charge in [0.2, 0.25) is 0 Å². The van der Waals surface area contributed by atoms with E-state index in [-0.39, 0.29) is 24.0 Å². The summed E-state index contributed by atoms with van der Waals surface area (Å²) in [6.07, 6.45) is 1.75. The number of aromatic nitrogens is 3. The lowest BCUT2D eigenvalue weighted by atomic mass is 10.1. The molecule has 0 atom stereocenters. The molecule has 0 spiro atoms. The largest absolute Gasteiger partial charge is 0.368 e. The predicted molar refractivity (Wildman–Crippen MR) is 137 cm³/mol. The number of para-hydroxylation sites is 1. The maximum atomic E-state index is 4.50. The molecule has 0 saturated carbocycles. The van der Waals surface area contributed by atoms with Crippen LogP contribution in [0.15, 0.2) is 59.9 Å². The Morgan fingerprint density at radius 2 is 1.74 bits per heavy atom. The molecule has 31 heavy (non-hydrogen) atoms.